The lowest BCUT2D eigenvalue weighted by Gasteiger charge is -2.34. The van der Waals surface area contributed by atoms with Crippen LogP contribution in [0.1, 0.15) is 58.1 Å². The van der Waals surface area contributed by atoms with Gasteiger partial charge in [0.1, 0.15) is 5.58 Å². The third-order valence-electron chi connectivity index (χ3n) is 7.59. The molecule has 1 aromatic heterocycles. The monoisotopic (exact) mass is 492 g/mol. The molecule has 0 bridgehead atoms. The molecule has 0 aliphatic carbocycles. The van der Waals surface area contributed by atoms with Crippen molar-refractivity contribution in [3.8, 4) is 0 Å². The molecule has 6 rings (SSSR count). The summed E-state index contributed by atoms with van der Waals surface area (Å²) in [6.45, 7) is 6.63. The van der Waals surface area contributed by atoms with Crippen molar-refractivity contribution in [1.29, 1.82) is 0 Å². The van der Waals surface area contributed by atoms with Crippen molar-refractivity contribution in [3.63, 3.8) is 0 Å². The molecule has 3 heterocycles. The molecule has 2 amide bonds. The summed E-state index contributed by atoms with van der Waals surface area (Å²) in [5.41, 5.74) is 2.97. The fourth-order valence-corrected chi connectivity index (χ4v) is 5.75. The number of anilines is 1. The van der Waals surface area contributed by atoms with Gasteiger partial charge < -0.3 is 14.2 Å². The predicted molar refractivity (Wildman–Crippen MR) is 143 cm³/mol. The molecule has 0 N–H and O–H groups in total. The zero-order valence-electron chi connectivity index (χ0n) is 21.2. The molecule has 1 atom stereocenters. The first kappa shape index (κ1) is 23.2. The maximum absolute atomic E-state index is 14.6. The van der Waals surface area contributed by atoms with E-state index in [4.69, 9.17) is 4.42 Å². The van der Waals surface area contributed by atoms with E-state index in [2.05, 4.69) is 0 Å². The Hall–Kier alpha value is -4.19. The van der Waals surface area contributed by atoms with E-state index in [0.29, 0.717) is 41.7 Å². The Kier molecular flexibility index (Phi) is 5.30. The molecule has 3 aromatic carbocycles. The molecule has 186 valence electrons. The number of carbonyl (C=O) groups is 2. The Labute approximate surface area is 215 Å². The summed E-state index contributed by atoms with van der Waals surface area (Å²) in [7, 11) is 0. The molecule has 6 nitrogen and oxygen atoms in total. The number of amides is 2. The number of hydrogen-bond donors (Lipinski definition) is 0. The highest BCUT2D eigenvalue weighted by Crippen LogP contribution is 2.53. The van der Waals surface area contributed by atoms with Gasteiger partial charge in [0.2, 0.25) is 5.76 Å². The summed E-state index contributed by atoms with van der Waals surface area (Å²) in [6.07, 6.45) is 1.53. The first-order valence-electron chi connectivity index (χ1n) is 12.7. The third kappa shape index (κ3) is 3.21. The lowest BCUT2D eigenvalue weighted by Crippen LogP contribution is -2.53. The molecule has 0 saturated heterocycles. The average molecular weight is 493 g/mol. The lowest BCUT2D eigenvalue weighted by atomic mass is 9.83. The minimum absolute atomic E-state index is 0.0298. The normalized spacial score (nSPS) is 18.2. The van der Waals surface area contributed by atoms with Gasteiger partial charge in [-0.25, -0.2) is 0 Å². The number of fused-ring (bicyclic) bond motifs is 5. The Morgan fingerprint density at radius 3 is 2.38 bits per heavy atom. The number of unbranched alkanes of at least 4 members (excludes halogenated alkanes) is 1. The van der Waals surface area contributed by atoms with Crippen molar-refractivity contribution in [2.75, 3.05) is 11.4 Å². The zero-order chi connectivity index (χ0) is 25.9. The molecular formula is C31H28N2O4. The van der Waals surface area contributed by atoms with E-state index in [1.54, 1.807) is 21.9 Å². The van der Waals surface area contributed by atoms with Gasteiger partial charge in [0.05, 0.1) is 23.2 Å². The number of para-hydroxylation sites is 1. The summed E-state index contributed by atoms with van der Waals surface area (Å²) in [4.78, 5) is 46.0. The van der Waals surface area contributed by atoms with Crippen molar-refractivity contribution >= 4 is 28.5 Å². The second kappa shape index (κ2) is 8.44. The number of nitrogens with zero attached hydrogens (tertiary/aromatic N) is 2. The van der Waals surface area contributed by atoms with Crippen molar-refractivity contribution < 1.29 is 14.0 Å². The van der Waals surface area contributed by atoms with Crippen LogP contribution in [0.4, 0.5) is 5.69 Å². The van der Waals surface area contributed by atoms with Gasteiger partial charge >= 0.3 is 0 Å². The van der Waals surface area contributed by atoms with Crippen LogP contribution in [0.2, 0.25) is 0 Å². The van der Waals surface area contributed by atoms with Crippen molar-refractivity contribution in [1.82, 2.24) is 4.90 Å². The highest BCUT2D eigenvalue weighted by atomic mass is 16.3. The molecule has 0 saturated carbocycles. The summed E-state index contributed by atoms with van der Waals surface area (Å²) in [6, 6.07) is 20.9. The molecule has 4 aromatic rings. The first-order valence-corrected chi connectivity index (χ1v) is 12.7. The van der Waals surface area contributed by atoms with Crippen LogP contribution < -0.4 is 10.3 Å². The Balaban J connectivity index is 1.64. The predicted octanol–water partition coefficient (Wildman–Crippen LogP) is 5.46. The number of carbonyl (C=O) groups excluding carboxylic acids is 2. The summed E-state index contributed by atoms with van der Waals surface area (Å²) in [5.74, 6) is -0.738. The van der Waals surface area contributed by atoms with Gasteiger partial charge in [-0.2, -0.15) is 0 Å². The number of aryl methyl sites for hydroxylation is 2. The van der Waals surface area contributed by atoms with E-state index in [9.17, 15) is 14.4 Å². The summed E-state index contributed by atoms with van der Waals surface area (Å²) in [5, 5.41) is 0.380. The van der Waals surface area contributed by atoms with Gasteiger partial charge in [0, 0.05) is 12.1 Å². The van der Waals surface area contributed by atoms with E-state index in [-0.39, 0.29) is 22.7 Å². The minimum atomic E-state index is -1.55. The van der Waals surface area contributed by atoms with E-state index < -0.39 is 11.4 Å². The van der Waals surface area contributed by atoms with Crippen LogP contribution in [0.25, 0.3) is 11.0 Å². The summed E-state index contributed by atoms with van der Waals surface area (Å²) < 4.78 is 6.12. The van der Waals surface area contributed by atoms with Gasteiger partial charge in [0.15, 0.2) is 11.0 Å². The van der Waals surface area contributed by atoms with Gasteiger partial charge in [-0.15, -0.1) is 0 Å². The molecule has 1 spiro atoms. The van der Waals surface area contributed by atoms with Gasteiger partial charge in [-0.3, -0.25) is 14.4 Å². The Bertz CT molecular complexity index is 1640. The highest BCUT2D eigenvalue weighted by Gasteiger charge is 2.64. The van der Waals surface area contributed by atoms with E-state index in [0.717, 1.165) is 23.1 Å². The second-order valence-electron chi connectivity index (χ2n) is 10.0. The maximum atomic E-state index is 14.6. The second-order valence-corrected chi connectivity index (χ2v) is 10.0. The Morgan fingerprint density at radius 1 is 0.892 bits per heavy atom. The van der Waals surface area contributed by atoms with Gasteiger partial charge in [-0.1, -0.05) is 73.0 Å². The quantitative estimate of drug-likeness (QED) is 0.371. The molecule has 6 heteroatoms. The topological polar surface area (TPSA) is 70.8 Å². The van der Waals surface area contributed by atoms with Crippen LogP contribution in [-0.4, -0.2) is 23.3 Å². The van der Waals surface area contributed by atoms with Crippen molar-refractivity contribution in [3.05, 3.63) is 111 Å². The number of hydrogen-bond acceptors (Lipinski definition) is 4. The molecule has 1 unspecified atom stereocenters. The Morgan fingerprint density at radius 2 is 1.62 bits per heavy atom. The standard InChI is InChI=1S/C31H28N2O4/c1-4-5-16-33-29(35)28-26(27(34)22-17-20(3)12-15-25(22)37-28)31(33)23-8-6-7-9-24(23)32(30(31)36)18-21-13-10-19(2)11-14-21/h6-15,17H,4-5,16,18H2,1-3H3. The van der Waals surface area contributed by atoms with Gasteiger partial charge in [-0.05, 0) is 44.0 Å². The number of benzene rings is 3. The molecule has 0 radical (unpaired) electrons. The minimum Gasteiger partial charge on any atom is -0.450 e. The molecule has 2 aliphatic rings. The zero-order valence-corrected chi connectivity index (χ0v) is 21.2. The van der Waals surface area contributed by atoms with E-state index in [1.807, 2.05) is 75.4 Å². The largest absolute Gasteiger partial charge is 0.450 e. The lowest BCUT2D eigenvalue weighted by molar-refractivity contribution is -0.126. The SMILES string of the molecule is CCCCN1C(=O)c2oc3ccc(C)cc3c(=O)c2C12C(=O)N(Cc1ccc(C)cc1)c1ccccc12. The highest BCUT2D eigenvalue weighted by molar-refractivity contribution is 6.17. The average Bonchev–Trinajstić information content (AvgIpc) is 3.29. The van der Waals surface area contributed by atoms with E-state index >= 15 is 0 Å². The third-order valence-corrected chi connectivity index (χ3v) is 7.59. The smallest absolute Gasteiger partial charge is 0.291 e. The van der Waals surface area contributed by atoms with E-state index in [1.165, 1.54) is 0 Å². The van der Waals surface area contributed by atoms with Gasteiger partial charge in [0.25, 0.3) is 11.8 Å². The number of rotatable bonds is 5. The molecule has 0 fully saturated rings. The van der Waals surface area contributed by atoms with Crippen LogP contribution in [0.5, 0.6) is 0 Å². The van der Waals surface area contributed by atoms with Crippen LogP contribution in [0.15, 0.2) is 75.9 Å². The first-order chi connectivity index (χ1) is 17.9. The fourth-order valence-electron chi connectivity index (χ4n) is 5.75. The molecule has 2 aliphatic heterocycles. The van der Waals surface area contributed by atoms with Crippen LogP contribution in [0.3, 0.4) is 0 Å². The molecule has 37 heavy (non-hydrogen) atoms. The van der Waals surface area contributed by atoms with Crippen LogP contribution in [-0.2, 0) is 16.9 Å². The van der Waals surface area contributed by atoms with Crippen molar-refractivity contribution in [2.24, 2.45) is 0 Å². The maximum Gasteiger partial charge on any atom is 0.291 e. The van der Waals surface area contributed by atoms with Crippen molar-refractivity contribution in [2.45, 2.75) is 45.7 Å². The fraction of sp³-hybridized carbons (Fsp3) is 0.258. The summed E-state index contributed by atoms with van der Waals surface area (Å²) >= 11 is 0. The van der Waals surface area contributed by atoms with Crippen LogP contribution >= 0.6 is 0 Å². The van der Waals surface area contributed by atoms with Crippen LogP contribution in [0, 0.1) is 13.8 Å². The molecular weight excluding hydrogens is 464 g/mol.